The van der Waals surface area contributed by atoms with Gasteiger partial charge in [-0.25, -0.2) is 14.8 Å². The number of ether oxygens (including phenoxy) is 1. The molecule has 1 aromatic heterocycles. The molecule has 0 aliphatic rings. The van der Waals surface area contributed by atoms with Crippen LogP contribution in [0, 0.1) is 0 Å². The van der Waals surface area contributed by atoms with Gasteiger partial charge in [0, 0.05) is 11.8 Å². The maximum atomic E-state index is 12.9. The summed E-state index contributed by atoms with van der Waals surface area (Å²) >= 11 is 0. The lowest BCUT2D eigenvalue weighted by molar-refractivity contribution is -0.274. The maximum absolute atomic E-state index is 12.9. The van der Waals surface area contributed by atoms with Crippen LogP contribution in [0.25, 0.3) is 11.4 Å². The zero-order valence-electron chi connectivity index (χ0n) is 11.3. The van der Waals surface area contributed by atoms with Crippen molar-refractivity contribution >= 4 is 5.97 Å². The fraction of sp³-hybridized carbons (Fsp3) is 0.154. The molecule has 2 rings (SSSR count). The first kappa shape index (κ1) is 17.5. The minimum atomic E-state index is -5.04. The highest BCUT2D eigenvalue weighted by molar-refractivity contribution is 5.89. The van der Waals surface area contributed by atoms with E-state index in [1.807, 2.05) is 0 Å². The number of rotatable bonds is 3. The highest BCUT2D eigenvalue weighted by Crippen LogP contribution is 2.32. The van der Waals surface area contributed by atoms with Gasteiger partial charge in [-0.1, -0.05) is 0 Å². The zero-order chi connectivity index (χ0) is 18.1. The third-order valence-electron chi connectivity index (χ3n) is 2.63. The van der Waals surface area contributed by atoms with E-state index < -0.39 is 41.3 Å². The number of hydrogen-bond acceptors (Lipinski definition) is 4. The van der Waals surface area contributed by atoms with Crippen molar-refractivity contribution in [3.63, 3.8) is 0 Å². The first-order chi connectivity index (χ1) is 11.0. The van der Waals surface area contributed by atoms with E-state index in [1.165, 1.54) is 0 Å². The molecule has 24 heavy (non-hydrogen) atoms. The van der Waals surface area contributed by atoms with Crippen LogP contribution in [0.4, 0.5) is 26.3 Å². The lowest BCUT2D eigenvalue weighted by Crippen LogP contribution is -2.17. The van der Waals surface area contributed by atoms with Crippen molar-refractivity contribution in [2.75, 3.05) is 0 Å². The molecule has 0 amide bonds. The molecule has 2 aromatic rings. The Morgan fingerprint density at radius 3 is 2.08 bits per heavy atom. The molecule has 1 aromatic carbocycles. The van der Waals surface area contributed by atoms with E-state index in [4.69, 9.17) is 5.11 Å². The van der Waals surface area contributed by atoms with Gasteiger partial charge in [0.2, 0.25) is 0 Å². The molecule has 128 valence electrons. The maximum Gasteiger partial charge on any atom is 0.573 e. The molecule has 1 N–H and O–H groups in total. The SMILES string of the molecule is O=C(O)c1cnc(-c2ccc(OC(F)(F)F)cc2)nc1C(F)(F)F. The number of halogens is 6. The van der Waals surface area contributed by atoms with Crippen LogP contribution < -0.4 is 4.74 Å². The summed E-state index contributed by atoms with van der Waals surface area (Å²) < 4.78 is 78.3. The summed E-state index contributed by atoms with van der Waals surface area (Å²) in [6.07, 6.45) is -9.47. The van der Waals surface area contributed by atoms with Crippen molar-refractivity contribution in [1.29, 1.82) is 0 Å². The van der Waals surface area contributed by atoms with Gasteiger partial charge >= 0.3 is 18.5 Å². The Morgan fingerprint density at radius 1 is 1.04 bits per heavy atom. The summed E-state index contributed by atoms with van der Waals surface area (Å²) in [5.74, 6) is -2.93. The Kier molecular flexibility index (Phi) is 4.36. The van der Waals surface area contributed by atoms with E-state index in [0.717, 1.165) is 24.3 Å². The predicted octanol–water partition coefficient (Wildman–Crippen LogP) is 3.76. The number of aromatic nitrogens is 2. The smallest absolute Gasteiger partial charge is 0.478 e. The van der Waals surface area contributed by atoms with Crippen molar-refractivity contribution in [3.05, 3.63) is 41.7 Å². The third kappa shape index (κ3) is 4.12. The minimum absolute atomic E-state index is 0.0491. The van der Waals surface area contributed by atoms with Crippen LogP contribution in [0.2, 0.25) is 0 Å². The number of alkyl halides is 6. The molecule has 0 saturated heterocycles. The van der Waals surface area contributed by atoms with E-state index in [-0.39, 0.29) is 5.56 Å². The molecule has 0 aliphatic carbocycles. The molecule has 0 fully saturated rings. The summed E-state index contributed by atoms with van der Waals surface area (Å²) in [5.41, 5.74) is -2.84. The quantitative estimate of drug-likeness (QED) is 0.852. The molecule has 0 aliphatic heterocycles. The van der Waals surface area contributed by atoms with Crippen molar-refractivity contribution in [1.82, 2.24) is 9.97 Å². The number of carboxylic acid groups (broad SMARTS) is 1. The predicted molar refractivity (Wildman–Crippen MR) is 66.1 cm³/mol. The number of benzene rings is 1. The van der Waals surface area contributed by atoms with Gasteiger partial charge < -0.3 is 9.84 Å². The van der Waals surface area contributed by atoms with Crippen LogP contribution in [0.5, 0.6) is 5.75 Å². The summed E-state index contributed by atoms with van der Waals surface area (Å²) in [4.78, 5) is 17.4. The van der Waals surface area contributed by atoms with E-state index in [2.05, 4.69) is 14.7 Å². The molecule has 0 atom stereocenters. The minimum Gasteiger partial charge on any atom is -0.478 e. The lowest BCUT2D eigenvalue weighted by Gasteiger charge is -2.11. The Morgan fingerprint density at radius 2 is 1.62 bits per heavy atom. The first-order valence-corrected chi connectivity index (χ1v) is 6.01. The van der Waals surface area contributed by atoms with Gasteiger partial charge in [0.05, 0.1) is 0 Å². The average Bonchev–Trinajstić information content (AvgIpc) is 2.44. The topological polar surface area (TPSA) is 72.3 Å². The highest BCUT2D eigenvalue weighted by Gasteiger charge is 2.38. The first-order valence-electron chi connectivity index (χ1n) is 6.01. The highest BCUT2D eigenvalue weighted by atomic mass is 19.4. The Balaban J connectivity index is 2.41. The number of aromatic carboxylic acids is 1. The van der Waals surface area contributed by atoms with Gasteiger partial charge in [-0.2, -0.15) is 13.2 Å². The average molecular weight is 352 g/mol. The molecule has 11 heteroatoms. The number of nitrogens with zero attached hydrogens (tertiary/aromatic N) is 2. The molecule has 0 saturated carbocycles. The summed E-state index contributed by atoms with van der Waals surface area (Å²) in [7, 11) is 0. The van der Waals surface area contributed by atoms with Crippen LogP contribution in [-0.2, 0) is 6.18 Å². The van der Waals surface area contributed by atoms with E-state index >= 15 is 0 Å². The molecular weight excluding hydrogens is 346 g/mol. The number of carbonyl (C=O) groups is 1. The molecule has 5 nitrogen and oxygen atoms in total. The molecule has 0 spiro atoms. The van der Waals surface area contributed by atoms with Crippen LogP contribution in [0.1, 0.15) is 16.1 Å². The second-order valence-electron chi connectivity index (χ2n) is 4.33. The van der Waals surface area contributed by atoms with Crippen molar-refractivity contribution in [3.8, 4) is 17.1 Å². The van der Waals surface area contributed by atoms with E-state index in [9.17, 15) is 31.1 Å². The largest absolute Gasteiger partial charge is 0.573 e. The second-order valence-corrected chi connectivity index (χ2v) is 4.33. The van der Waals surface area contributed by atoms with E-state index in [1.54, 1.807) is 0 Å². The molecular formula is C13H6F6N2O3. The third-order valence-corrected chi connectivity index (χ3v) is 2.63. The monoisotopic (exact) mass is 352 g/mol. The fourth-order valence-corrected chi connectivity index (χ4v) is 1.70. The summed E-state index contributed by atoms with van der Waals surface area (Å²) in [6, 6.07) is 3.75. The Hall–Kier alpha value is -2.85. The summed E-state index contributed by atoms with van der Waals surface area (Å²) in [5, 5.41) is 8.73. The molecule has 0 radical (unpaired) electrons. The zero-order valence-corrected chi connectivity index (χ0v) is 11.3. The van der Waals surface area contributed by atoms with E-state index in [0.29, 0.717) is 6.20 Å². The lowest BCUT2D eigenvalue weighted by atomic mass is 10.1. The Bertz CT molecular complexity index is 756. The van der Waals surface area contributed by atoms with Gasteiger partial charge in [0.25, 0.3) is 0 Å². The number of carboxylic acids is 1. The molecule has 0 bridgehead atoms. The standard InChI is InChI=1S/C13H6F6N2O3/c14-12(15,16)9-8(11(22)23)5-20-10(21-9)6-1-3-7(4-2-6)24-13(17,18)19/h1-5H,(H,22,23). The second kappa shape index (κ2) is 5.98. The van der Waals surface area contributed by atoms with Crippen molar-refractivity contribution in [2.24, 2.45) is 0 Å². The fourth-order valence-electron chi connectivity index (χ4n) is 1.70. The van der Waals surface area contributed by atoms with Crippen LogP contribution >= 0.6 is 0 Å². The van der Waals surface area contributed by atoms with Crippen LogP contribution in [0.15, 0.2) is 30.5 Å². The summed E-state index contributed by atoms with van der Waals surface area (Å²) in [6.45, 7) is 0. The van der Waals surface area contributed by atoms with Gasteiger partial charge in [-0.3, -0.25) is 0 Å². The normalized spacial score (nSPS) is 12.1. The van der Waals surface area contributed by atoms with Crippen molar-refractivity contribution in [2.45, 2.75) is 12.5 Å². The Labute approximate surface area is 129 Å². The van der Waals surface area contributed by atoms with Gasteiger partial charge in [0.15, 0.2) is 11.5 Å². The molecule has 1 heterocycles. The van der Waals surface area contributed by atoms with Crippen LogP contribution in [0.3, 0.4) is 0 Å². The molecule has 0 unspecified atom stereocenters. The van der Waals surface area contributed by atoms with Crippen LogP contribution in [-0.4, -0.2) is 27.4 Å². The van der Waals surface area contributed by atoms with Crippen molar-refractivity contribution < 1.29 is 41.0 Å². The van der Waals surface area contributed by atoms with Gasteiger partial charge in [0.1, 0.15) is 11.3 Å². The number of hydrogen-bond donors (Lipinski definition) is 1. The van der Waals surface area contributed by atoms with Gasteiger partial charge in [-0.05, 0) is 24.3 Å². The van der Waals surface area contributed by atoms with Gasteiger partial charge in [-0.15, -0.1) is 13.2 Å².